The Balaban J connectivity index is 2.15. The number of phenols is 1. The first-order valence-corrected chi connectivity index (χ1v) is 7.70. The molecule has 0 radical (unpaired) electrons. The minimum absolute atomic E-state index is 0.0128. The van der Waals surface area contributed by atoms with Crippen LogP contribution < -0.4 is 4.72 Å². The lowest BCUT2D eigenvalue weighted by Gasteiger charge is -2.19. The van der Waals surface area contributed by atoms with Crippen molar-refractivity contribution in [2.75, 3.05) is 0 Å². The first-order valence-electron chi connectivity index (χ1n) is 6.21. The van der Waals surface area contributed by atoms with Gasteiger partial charge in [0, 0.05) is 6.04 Å². The number of aromatic hydroxyl groups is 1. The molecule has 1 aliphatic rings. The van der Waals surface area contributed by atoms with Crippen LogP contribution in [-0.2, 0) is 10.0 Å². The van der Waals surface area contributed by atoms with E-state index in [0.717, 1.165) is 12.8 Å². The van der Waals surface area contributed by atoms with Crippen LogP contribution in [0.3, 0.4) is 0 Å². The zero-order valence-corrected chi connectivity index (χ0v) is 11.4. The van der Waals surface area contributed by atoms with E-state index in [2.05, 4.69) is 18.6 Å². The Morgan fingerprint density at radius 2 is 1.78 bits per heavy atom. The van der Waals surface area contributed by atoms with E-state index in [1.54, 1.807) is 0 Å². The summed E-state index contributed by atoms with van der Waals surface area (Å²) in [5, 5.41) is 9.17. The normalized spacial score (nSPS) is 28.4. The van der Waals surface area contributed by atoms with Gasteiger partial charge in [-0.3, -0.25) is 0 Å². The SMILES string of the molecule is CC1CCC(NS(=O)(=O)c2ccc(O)cc2)C1C. The summed E-state index contributed by atoms with van der Waals surface area (Å²) in [6, 6.07) is 5.62. The molecule has 2 rings (SSSR count). The number of benzene rings is 1. The third-order valence-electron chi connectivity index (χ3n) is 3.92. The first kappa shape index (κ1) is 13.4. The highest BCUT2D eigenvalue weighted by molar-refractivity contribution is 7.89. The fourth-order valence-electron chi connectivity index (χ4n) is 2.42. The highest BCUT2D eigenvalue weighted by atomic mass is 32.2. The van der Waals surface area contributed by atoms with E-state index in [9.17, 15) is 8.42 Å². The molecule has 0 aliphatic heterocycles. The first-order chi connectivity index (χ1) is 8.40. The lowest BCUT2D eigenvalue weighted by molar-refractivity contribution is 0.402. The van der Waals surface area contributed by atoms with E-state index in [1.807, 2.05) is 0 Å². The van der Waals surface area contributed by atoms with E-state index in [-0.39, 0.29) is 16.7 Å². The Morgan fingerprint density at radius 3 is 2.28 bits per heavy atom. The average Bonchev–Trinajstić information content (AvgIpc) is 2.61. The van der Waals surface area contributed by atoms with Gasteiger partial charge in [0.15, 0.2) is 0 Å². The van der Waals surface area contributed by atoms with E-state index < -0.39 is 10.0 Å². The number of phenolic OH excluding ortho intramolecular Hbond substituents is 1. The van der Waals surface area contributed by atoms with Crippen LogP contribution in [0.5, 0.6) is 5.75 Å². The maximum Gasteiger partial charge on any atom is 0.240 e. The largest absolute Gasteiger partial charge is 0.508 e. The van der Waals surface area contributed by atoms with Crippen molar-refractivity contribution in [2.24, 2.45) is 11.8 Å². The highest BCUT2D eigenvalue weighted by Gasteiger charge is 2.32. The number of sulfonamides is 1. The Labute approximate surface area is 108 Å². The minimum Gasteiger partial charge on any atom is -0.508 e. The standard InChI is InChI=1S/C13H19NO3S/c1-9-3-8-13(10(9)2)14-18(16,17)12-6-4-11(15)5-7-12/h4-7,9-10,13-15H,3,8H2,1-2H3. The molecule has 0 spiro atoms. The van der Waals surface area contributed by atoms with Gasteiger partial charge in [0.2, 0.25) is 10.0 Å². The third kappa shape index (κ3) is 2.67. The molecule has 3 unspecified atom stereocenters. The van der Waals surface area contributed by atoms with Gasteiger partial charge in [0.25, 0.3) is 0 Å². The predicted octanol–water partition coefficient (Wildman–Crippen LogP) is 2.11. The van der Waals surface area contributed by atoms with Crippen molar-refractivity contribution >= 4 is 10.0 Å². The highest BCUT2D eigenvalue weighted by Crippen LogP contribution is 2.32. The van der Waals surface area contributed by atoms with Gasteiger partial charge in [-0.15, -0.1) is 0 Å². The maximum atomic E-state index is 12.2. The minimum atomic E-state index is -3.48. The summed E-state index contributed by atoms with van der Waals surface area (Å²) in [7, 11) is -3.48. The van der Waals surface area contributed by atoms with Gasteiger partial charge in [0.05, 0.1) is 4.90 Å². The van der Waals surface area contributed by atoms with Crippen molar-refractivity contribution in [3.8, 4) is 5.75 Å². The van der Waals surface area contributed by atoms with Crippen molar-refractivity contribution in [2.45, 2.75) is 37.6 Å². The zero-order chi connectivity index (χ0) is 13.3. The molecule has 5 heteroatoms. The summed E-state index contributed by atoms with van der Waals surface area (Å²) in [6.07, 6.45) is 1.95. The van der Waals surface area contributed by atoms with Crippen LogP contribution in [0.4, 0.5) is 0 Å². The second-order valence-electron chi connectivity index (χ2n) is 5.14. The molecule has 1 fully saturated rings. The maximum absolute atomic E-state index is 12.2. The molecule has 0 saturated heterocycles. The van der Waals surface area contributed by atoms with Crippen molar-refractivity contribution in [1.29, 1.82) is 0 Å². The molecule has 3 atom stereocenters. The van der Waals surface area contributed by atoms with Crippen molar-refractivity contribution in [1.82, 2.24) is 4.72 Å². The van der Waals surface area contributed by atoms with Crippen LogP contribution in [-0.4, -0.2) is 19.6 Å². The summed E-state index contributed by atoms with van der Waals surface area (Å²) in [6.45, 7) is 4.24. The predicted molar refractivity (Wildman–Crippen MR) is 69.8 cm³/mol. The van der Waals surface area contributed by atoms with Crippen molar-refractivity contribution < 1.29 is 13.5 Å². The quantitative estimate of drug-likeness (QED) is 0.883. The van der Waals surface area contributed by atoms with Crippen LogP contribution in [0.1, 0.15) is 26.7 Å². The number of hydrogen-bond acceptors (Lipinski definition) is 3. The van der Waals surface area contributed by atoms with Gasteiger partial charge >= 0.3 is 0 Å². The van der Waals surface area contributed by atoms with Crippen molar-refractivity contribution in [3.05, 3.63) is 24.3 Å². The van der Waals surface area contributed by atoms with Crippen molar-refractivity contribution in [3.63, 3.8) is 0 Å². The molecule has 100 valence electrons. The Bertz CT molecular complexity index is 510. The van der Waals surface area contributed by atoms with Gasteiger partial charge in [-0.05, 0) is 48.9 Å². The van der Waals surface area contributed by atoms with Gasteiger partial charge < -0.3 is 5.11 Å². The number of rotatable bonds is 3. The number of nitrogens with one attached hydrogen (secondary N) is 1. The van der Waals surface area contributed by atoms with Crippen LogP contribution >= 0.6 is 0 Å². The monoisotopic (exact) mass is 269 g/mol. The molecule has 1 aliphatic carbocycles. The second-order valence-corrected chi connectivity index (χ2v) is 6.85. The molecule has 0 heterocycles. The van der Waals surface area contributed by atoms with Gasteiger partial charge in [0.1, 0.15) is 5.75 Å². The van der Waals surface area contributed by atoms with Gasteiger partial charge in [-0.2, -0.15) is 0 Å². The fraction of sp³-hybridized carbons (Fsp3) is 0.538. The zero-order valence-electron chi connectivity index (χ0n) is 10.6. The molecule has 1 aromatic carbocycles. The molecular weight excluding hydrogens is 250 g/mol. The van der Waals surface area contributed by atoms with E-state index in [0.29, 0.717) is 11.8 Å². The van der Waals surface area contributed by atoms with Crippen LogP contribution in [0.25, 0.3) is 0 Å². The summed E-state index contributed by atoms with van der Waals surface area (Å²) >= 11 is 0. The van der Waals surface area contributed by atoms with Crippen LogP contribution in [0.15, 0.2) is 29.2 Å². The molecule has 0 aromatic heterocycles. The van der Waals surface area contributed by atoms with E-state index in [4.69, 9.17) is 5.11 Å². The Morgan fingerprint density at radius 1 is 1.17 bits per heavy atom. The summed E-state index contributed by atoms with van der Waals surface area (Å²) in [5.74, 6) is 0.978. The topological polar surface area (TPSA) is 66.4 Å². The number of hydrogen-bond donors (Lipinski definition) is 2. The molecule has 1 saturated carbocycles. The summed E-state index contributed by atoms with van der Waals surface area (Å²) < 4.78 is 27.1. The van der Waals surface area contributed by atoms with Gasteiger partial charge in [-0.25, -0.2) is 13.1 Å². The Hall–Kier alpha value is -1.07. The fourth-order valence-corrected chi connectivity index (χ4v) is 3.79. The molecule has 0 amide bonds. The van der Waals surface area contributed by atoms with Gasteiger partial charge in [-0.1, -0.05) is 13.8 Å². The molecule has 4 nitrogen and oxygen atoms in total. The Kier molecular flexibility index (Phi) is 3.64. The lowest BCUT2D eigenvalue weighted by atomic mass is 9.98. The third-order valence-corrected chi connectivity index (χ3v) is 5.42. The summed E-state index contributed by atoms with van der Waals surface area (Å²) in [5.41, 5.74) is 0. The average molecular weight is 269 g/mol. The molecule has 1 aromatic rings. The van der Waals surface area contributed by atoms with Crippen LogP contribution in [0.2, 0.25) is 0 Å². The molecule has 0 bridgehead atoms. The molecule has 18 heavy (non-hydrogen) atoms. The molecule has 2 N–H and O–H groups in total. The van der Waals surface area contributed by atoms with E-state index >= 15 is 0 Å². The smallest absolute Gasteiger partial charge is 0.240 e. The molecular formula is C13H19NO3S. The lowest BCUT2D eigenvalue weighted by Crippen LogP contribution is -2.37. The second kappa shape index (κ2) is 4.90. The van der Waals surface area contributed by atoms with E-state index in [1.165, 1.54) is 24.3 Å². The van der Waals surface area contributed by atoms with Crippen LogP contribution in [0, 0.1) is 11.8 Å². The summed E-state index contributed by atoms with van der Waals surface area (Å²) in [4.78, 5) is 0.201.